The molecule has 0 fully saturated rings. The van der Waals surface area contributed by atoms with Crippen LogP contribution in [0.4, 0.5) is 34.1 Å². The van der Waals surface area contributed by atoms with Gasteiger partial charge in [-0.05, 0) is 114 Å². The third-order valence-corrected chi connectivity index (χ3v) is 14.7. The van der Waals surface area contributed by atoms with E-state index in [-0.39, 0.29) is 0 Å². The van der Waals surface area contributed by atoms with Gasteiger partial charge in [0, 0.05) is 32.5 Å². The number of benzene rings is 14. The average molecular weight is 915 g/mol. The Labute approximate surface area is 418 Å². The molecule has 0 aliphatic rings. The van der Waals surface area contributed by atoms with E-state index in [1.165, 1.54) is 64.6 Å². The quantitative estimate of drug-likeness (QED) is 0.140. The van der Waals surface area contributed by atoms with Crippen LogP contribution in [0.3, 0.4) is 0 Å². The van der Waals surface area contributed by atoms with Crippen molar-refractivity contribution >= 4 is 110 Å². The summed E-state index contributed by atoms with van der Waals surface area (Å²) in [6, 6.07) is 103. The first-order chi connectivity index (χ1) is 35.7. The molecule has 0 aliphatic carbocycles. The zero-order chi connectivity index (χ0) is 47.5. The van der Waals surface area contributed by atoms with Crippen molar-refractivity contribution < 1.29 is 0 Å². The topological polar surface area (TPSA) is 6.48 Å². The highest BCUT2D eigenvalue weighted by molar-refractivity contribution is 6.20. The third kappa shape index (κ3) is 6.88. The summed E-state index contributed by atoms with van der Waals surface area (Å²) in [5, 5.41) is 16.7. The number of rotatable bonds is 8. The summed E-state index contributed by atoms with van der Waals surface area (Å²) in [4.78, 5) is 5.12. The maximum absolute atomic E-state index is 2.56. The molecule has 336 valence electrons. The van der Waals surface area contributed by atoms with E-state index in [0.717, 1.165) is 67.2 Å². The van der Waals surface area contributed by atoms with Gasteiger partial charge in [0.15, 0.2) is 0 Å². The molecule has 14 aromatic rings. The van der Waals surface area contributed by atoms with Crippen molar-refractivity contribution in [3.05, 3.63) is 279 Å². The molecule has 2 heteroatoms. The van der Waals surface area contributed by atoms with Crippen LogP contribution in [0.5, 0.6) is 0 Å². The highest BCUT2D eigenvalue weighted by Gasteiger charge is 2.27. The van der Waals surface area contributed by atoms with Crippen molar-refractivity contribution in [1.82, 2.24) is 0 Å². The van der Waals surface area contributed by atoms with E-state index in [1.807, 2.05) is 0 Å². The zero-order valence-electron chi connectivity index (χ0n) is 39.5. The van der Waals surface area contributed by atoms with Crippen LogP contribution >= 0.6 is 0 Å². The van der Waals surface area contributed by atoms with Gasteiger partial charge in [0.05, 0.1) is 34.1 Å². The lowest BCUT2D eigenvalue weighted by molar-refractivity contribution is 1.31. The number of fused-ring (bicyclic) bond motifs is 9. The second-order valence-electron chi connectivity index (χ2n) is 18.8. The van der Waals surface area contributed by atoms with Gasteiger partial charge in [-0.1, -0.05) is 231 Å². The Balaban J connectivity index is 1.18. The van der Waals surface area contributed by atoms with Gasteiger partial charge in [-0.3, -0.25) is 0 Å². The van der Waals surface area contributed by atoms with Crippen LogP contribution in [0.15, 0.2) is 279 Å². The fourth-order valence-electron chi connectivity index (χ4n) is 11.4. The highest BCUT2D eigenvalue weighted by atomic mass is 15.2. The van der Waals surface area contributed by atoms with Crippen LogP contribution in [0.25, 0.3) is 97.7 Å². The summed E-state index contributed by atoms with van der Waals surface area (Å²) in [6.45, 7) is 0. The molecule has 0 spiro atoms. The lowest BCUT2D eigenvalue weighted by Crippen LogP contribution is -2.14. The van der Waals surface area contributed by atoms with Crippen molar-refractivity contribution in [2.75, 3.05) is 9.80 Å². The average Bonchev–Trinajstić information content (AvgIpc) is 3.45. The third-order valence-electron chi connectivity index (χ3n) is 14.7. The van der Waals surface area contributed by atoms with Gasteiger partial charge in [-0.25, -0.2) is 0 Å². The van der Waals surface area contributed by atoms with Gasteiger partial charge in [0.2, 0.25) is 0 Å². The maximum atomic E-state index is 2.56. The van der Waals surface area contributed by atoms with E-state index in [4.69, 9.17) is 0 Å². The lowest BCUT2D eigenvalue weighted by atomic mass is 9.92. The number of hydrogen-bond donors (Lipinski definition) is 0. The maximum Gasteiger partial charge on any atom is 0.0547 e. The Morgan fingerprint density at radius 2 is 0.556 bits per heavy atom. The van der Waals surface area contributed by atoms with Gasteiger partial charge in [0.1, 0.15) is 0 Å². The molecule has 0 saturated heterocycles. The molecule has 0 radical (unpaired) electrons. The van der Waals surface area contributed by atoms with Gasteiger partial charge in [0.25, 0.3) is 0 Å². The minimum absolute atomic E-state index is 1.08. The predicted octanol–water partition coefficient (Wildman–Crippen LogP) is 20.0. The first kappa shape index (κ1) is 41.5. The van der Waals surface area contributed by atoms with Crippen LogP contribution in [-0.4, -0.2) is 0 Å². The number of hydrogen-bond acceptors (Lipinski definition) is 2. The van der Waals surface area contributed by atoms with Crippen molar-refractivity contribution in [2.24, 2.45) is 0 Å². The van der Waals surface area contributed by atoms with E-state index in [9.17, 15) is 0 Å². The van der Waals surface area contributed by atoms with Gasteiger partial charge in [-0.15, -0.1) is 0 Å². The molecule has 0 aromatic heterocycles. The molecule has 0 bridgehead atoms. The van der Waals surface area contributed by atoms with E-state index >= 15 is 0 Å². The molecule has 0 unspecified atom stereocenters. The molecule has 0 atom stereocenters. The predicted molar refractivity (Wildman–Crippen MR) is 309 cm³/mol. The summed E-state index contributed by atoms with van der Waals surface area (Å²) in [7, 11) is 0. The van der Waals surface area contributed by atoms with Crippen molar-refractivity contribution in [3.63, 3.8) is 0 Å². The Morgan fingerprint density at radius 3 is 1.08 bits per heavy atom. The van der Waals surface area contributed by atoms with E-state index in [2.05, 4.69) is 289 Å². The highest BCUT2D eigenvalue weighted by Crippen LogP contribution is 2.52. The van der Waals surface area contributed by atoms with Gasteiger partial charge < -0.3 is 9.80 Å². The summed E-state index contributed by atoms with van der Waals surface area (Å²) in [5.74, 6) is 0. The number of nitrogens with zero attached hydrogens (tertiary/aromatic N) is 2. The first-order valence-corrected chi connectivity index (χ1v) is 24.8. The number of anilines is 6. The Hall–Kier alpha value is -9.50. The fraction of sp³-hybridized carbons (Fsp3) is 0. The molecule has 0 heterocycles. The summed E-state index contributed by atoms with van der Waals surface area (Å²) in [5.41, 5.74) is 11.2. The molecule has 0 amide bonds. The van der Waals surface area contributed by atoms with Crippen molar-refractivity contribution in [1.29, 1.82) is 0 Å². The minimum Gasteiger partial charge on any atom is -0.309 e. The molecule has 0 saturated carbocycles. The standard InChI is InChI=1S/C70H46N2/c1-3-21-47(22-4-1)53-41-54-42-63(50-23-5-2-6-24-50)70(72(66-40-20-30-49-26-8-14-34-58(49)66)68-44-52-28-10-12-32-56(52)60-36-16-18-38-62(60)68)46-64(54)69(45-53)71(65-39-19-29-48-25-7-13-33-57(48)65)67-43-51-27-9-11-31-55(51)59-35-15-17-37-61(59)67/h1-46H. The largest absolute Gasteiger partial charge is 0.309 e. The molecule has 72 heavy (non-hydrogen) atoms. The molecule has 14 rings (SSSR count). The molecule has 0 aliphatic heterocycles. The first-order valence-electron chi connectivity index (χ1n) is 24.8. The van der Waals surface area contributed by atoms with Crippen LogP contribution in [0.2, 0.25) is 0 Å². The minimum atomic E-state index is 1.08. The molecular formula is C70H46N2. The molecule has 14 aromatic carbocycles. The van der Waals surface area contributed by atoms with Crippen molar-refractivity contribution in [2.45, 2.75) is 0 Å². The van der Waals surface area contributed by atoms with Crippen molar-refractivity contribution in [3.8, 4) is 22.3 Å². The summed E-state index contributed by atoms with van der Waals surface area (Å²) >= 11 is 0. The monoisotopic (exact) mass is 914 g/mol. The Kier molecular flexibility index (Phi) is 9.89. The Bertz CT molecular complexity index is 4390. The fourth-order valence-corrected chi connectivity index (χ4v) is 11.4. The van der Waals surface area contributed by atoms with Crippen LogP contribution in [0.1, 0.15) is 0 Å². The molecular weight excluding hydrogens is 869 g/mol. The van der Waals surface area contributed by atoms with Gasteiger partial charge in [-0.2, -0.15) is 0 Å². The van der Waals surface area contributed by atoms with E-state index in [0.29, 0.717) is 0 Å². The molecule has 2 nitrogen and oxygen atoms in total. The van der Waals surface area contributed by atoms with E-state index < -0.39 is 0 Å². The summed E-state index contributed by atoms with van der Waals surface area (Å²) in [6.07, 6.45) is 0. The van der Waals surface area contributed by atoms with Gasteiger partial charge >= 0.3 is 0 Å². The van der Waals surface area contributed by atoms with Crippen LogP contribution in [-0.2, 0) is 0 Å². The second-order valence-corrected chi connectivity index (χ2v) is 18.8. The normalized spacial score (nSPS) is 11.6. The van der Waals surface area contributed by atoms with Crippen LogP contribution < -0.4 is 9.80 Å². The zero-order valence-corrected chi connectivity index (χ0v) is 39.5. The van der Waals surface area contributed by atoms with E-state index in [1.54, 1.807) is 0 Å². The lowest BCUT2D eigenvalue weighted by Gasteiger charge is -2.33. The summed E-state index contributed by atoms with van der Waals surface area (Å²) < 4.78 is 0. The van der Waals surface area contributed by atoms with Crippen LogP contribution in [0, 0.1) is 0 Å². The molecule has 0 N–H and O–H groups in total. The SMILES string of the molecule is c1ccc(-c2cc(N(c3cccc4ccccc34)c3cc4ccccc4c4ccccc34)c3cc(N(c4cccc5ccccc45)c4cc5ccccc5c5ccccc45)c(-c4ccccc4)cc3c2)cc1. The Morgan fingerprint density at radius 1 is 0.167 bits per heavy atom. The smallest absolute Gasteiger partial charge is 0.0547 e. The second kappa shape index (κ2) is 17.2.